The van der Waals surface area contributed by atoms with Crippen molar-refractivity contribution >= 4 is 32.9 Å². The molecule has 2 N–H and O–H groups in total. The molecule has 0 saturated heterocycles. The number of aromatic amines is 1. The van der Waals surface area contributed by atoms with Gasteiger partial charge in [-0.25, -0.2) is 9.97 Å². The summed E-state index contributed by atoms with van der Waals surface area (Å²) in [6, 6.07) is 11.1. The number of para-hydroxylation sites is 2. The molecule has 1 aromatic carbocycles. The smallest absolute Gasteiger partial charge is 0.271 e. The average Bonchev–Trinajstić information content (AvgIpc) is 2.91. The van der Waals surface area contributed by atoms with Crippen LogP contribution in [0.4, 0.5) is 0 Å². The molecular formula is C15H13BrN4O. The van der Waals surface area contributed by atoms with Crippen LogP contribution in [0, 0.1) is 0 Å². The van der Waals surface area contributed by atoms with Crippen molar-refractivity contribution in [3.8, 4) is 0 Å². The van der Waals surface area contributed by atoms with Gasteiger partial charge in [-0.05, 0) is 47.1 Å². The second kappa shape index (κ2) is 5.65. The molecule has 1 amide bonds. The average molecular weight is 345 g/mol. The SMILES string of the molecule is CC(NC(=O)c1ncccc1Br)c1nc2ccccc2[nH]1. The van der Waals surface area contributed by atoms with Crippen LogP contribution in [0.1, 0.15) is 29.3 Å². The van der Waals surface area contributed by atoms with Gasteiger partial charge in [-0.15, -0.1) is 0 Å². The zero-order chi connectivity index (χ0) is 14.8. The number of nitrogens with one attached hydrogen (secondary N) is 2. The van der Waals surface area contributed by atoms with Gasteiger partial charge >= 0.3 is 0 Å². The van der Waals surface area contributed by atoms with Crippen molar-refractivity contribution in [2.45, 2.75) is 13.0 Å². The summed E-state index contributed by atoms with van der Waals surface area (Å²) in [6.07, 6.45) is 1.59. The van der Waals surface area contributed by atoms with E-state index in [1.165, 1.54) is 0 Å². The number of H-pyrrole nitrogens is 1. The Morgan fingerprint density at radius 2 is 2.10 bits per heavy atom. The minimum Gasteiger partial charge on any atom is -0.341 e. The van der Waals surface area contributed by atoms with E-state index in [0.717, 1.165) is 16.9 Å². The molecule has 21 heavy (non-hydrogen) atoms. The zero-order valence-electron chi connectivity index (χ0n) is 11.3. The van der Waals surface area contributed by atoms with E-state index >= 15 is 0 Å². The third-order valence-electron chi connectivity index (χ3n) is 3.14. The van der Waals surface area contributed by atoms with Gasteiger partial charge in [0, 0.05) is 10.7 Å². The summed E-state index contributed by atoms with van der Waals surface area (Å²) in [7, 11) is 0. The Labute approximate surface area is 129 Å². The maximum Gasteiger partial charge on any atom is 0.271 e. The van der Waals surface area contributed by atoms with Crippen LogP contribution in [0.3, 0.4) is 0 Å². The van der Waals surface area contributed by atoms with Crippen molar-refractivity contribution in [2.75, 3.05) is 0 Å². The molecule has 0 aliphatic rings. The number of carbonyl (C=O) groups is 1. The van der Waals surface area contributed by atoms with Gasteiger partial charge in [-0.3, -0.25) is 4.79 Å². The summed E-state index contributed by atoms with van der Waals surface area (Å²) in [5, 5.41) is 2.89. The normalized spacial score (nSPS) is 12.3. The van der Waals surface area contributed by atoms with E-state index in [0.29, 0.717) is 10.2 Å². The summed E-state index contributed by atoms with van der Waals surface area (Å²) in [5.74, 6) is 0.479. The lowest BCUT2D eigenvalue weighted by molar-refractivity contribution is 0.0932. The molecule has 6 heteroatoms. The Morgan fingerprint density at radius 1 is 1.29 bits per heavy atom. The Kier molecular flexibility index (Phi) is 3.70. The molecule has 1 atom stereocenters. The van der Waals surface area contributed by atoms with Crippen molar-refractivity contribution in [2.24, 2.45) is 0 Å². The Balaban J connectivity index is 1.81. The highest BCUT2D eigenvalue weighted by Gasteiger charge is 2.17. The number of rotatable bonds is 3. The summed E-state index contributed by atoms with van der Waals surface area (Å²) in [5.41, 5.74) is 2.20. The Hall–Kier alpha value is -2.21. The number of benzene rings is 1. The number of pyridine rings is 1. The molecule has 0 spiro atoms. The van der Waals surface area contributed by atoms with Gasteiger partial charge in [0.1, 0.15) is 11.5 Å². The van der Waals surface area contributed by atoms with Crippen molar-refractivity contribution in [3.63, 3.8) is 0 Å². The van der Waals surface area contributed by atoms with Crippen molar-refractivity contribution in [1.82, 2.24) is 20.3 Å². The number of halogens is 1. The van der Waals surface area contributed by atoms with Gasteiger partial charge in [0.05, 0.1) is 17.1 Å². The van der Waals surface area contributed by atoms with E-state index in [1.54, 1.807) is 18.3 Å². The summed E-state index contributed by atoms with van der Waals surface area (Å²) < 4.78 is 0.666. The van der Waals surface area contributed by atoms with Gasteiger partial charge in [0.2, 0.25) is 0 Å². The first-order valence-electron chi connectivity index (χ1n) is 6.51. The third kappa shape index (κ3) is 2.80. The fraction of sp³-hybridized carbons (Fsp3) is 0.133. The van der Waals surface area contributed by atoms with Crippen molar-refractivity contribution in [3.05, 3.63) is 58.6 Å². The molecule has 0 aliphatic heterocycles. The molecule has 1 unspecified atom stereocenters. The molecule has 3 rings (SSSR count). The second-order valence-electron chi connectivity index (χ2n) is 4.67. The summed E-state index contributed by atoms with van der Waals surface area (Å²) in [6.45, 7) is 1.88. The molecule has 0 bridgehead atoms. The van der Waals surface area contributed by atoms with E-state index in [9.17, 15) is 4.79 Å². The van der Waals surface area contributed by atoms with Crippen molar-refractivity contribution in [1.29, 1.82) is 0 Å². The lowest BCUT2D eigenvalue weighted by atomic mass is 10.3. The number of carbonyl (C=O) groups excluding carboxylic acids is 1. The predicted octanol–water partition coefficient (Wildman–Crippen LogP) is 3.21. The molecule has 0 radical (unpaired) electrons. The number of nitrogens with zero attached hydrogens (tertiary/aromatic N) is 2. The standard InChI is InChI=1S/C15H13BrN4O/c1-9(14-19-11-6-2-3-7-12(11)20-14)18-15(21)13-10(16)5-4-8-17-13/h2-9H,1H3,(H,18,21)(H,19,20). The Morgan fingerprint density at radius 3 is 2.86 bits per heavy atom. The van der Waals surface area contributed by atoms with Crippen LogP contribution in [0.15, 0.2) is 47.1 Å². The number of hydrogen-bond acceptors (Lipinski definition) is 3. The molecule has 2 heterocycles. The maximum absolute atomic E-state index is 12.2. The molecule has 2 aromatic heterocycles. The van der Waals surface area contributed by atoms with E-state index in [1.807, 2.05) is 31.2 Å². The van der Waals surface area contributed by atoms with Gasteiger partial charge in [0.15, 0.2) is 0 Å². The van der Waals surface area contributed by atoms with Crippen LogP contribution in [0.25, 0.3) is 11.0 Å². The van der Waals surface area contributed by atoms with E-state index in [2.05, 4.69) is 36.2 Å². The molecule has 0 saturated carbocycles. The van der Waals surface area contributed by atoms with Crippen LogP contribution in [0.2, 0.25) is 0 Å². The van der Waals surface area contributed by atoms with Gasteiger partial charge < -0.3 is 10.3 Å². The van der Waals surface area contributed by atoms with Gasteiger partial charge in [-0.2, -0.15) is 0 Å². The van der Waals surface area contributed by atoms with Crippen LogP contribution in [-0.2, 0) is 0 Å². The second-order valence-corrected chi connectivity index (χ2v) is 5.52. The topological polar surface area (TPSA) is 70.7 Å². The lowest BCUT2D eigenvalue weighted by Crippen LogP contribution is -2.28. The van der Waals surface area contributed by atoms with Gasteiger partial charge in [0.25, 0.3) is 5.91 Å². The molecule has 0 fully saturated rings. The minimum atomic E-state index is -0.240. The van der Waals surface area contributed by atoms with Crippen LogP contribution in [-0.4, -0.2) is 20.9 Å². The van der Waals surface area contributed by atoms with Crippen molar-refractivity contribution < 1.29 is 4.79 Å². The first-order chi connectivity index (χ1) is 10.1. The molecule has 0 aliphatic carbocycles. The number of amides is 1. The fourth-order valence-electron chi connectivity index (χ4n) is 2.06. The van der Waals surface area contributed by atoms with E-state index < -0.39 is 0 Å². The number of imidazole rings is 1. The highest BCUT2D eigenvalue weighted by molar-refractivity contribution is 9.10. The van der Waals surface area contributed by atoms with Gasteiger partial charge in [-0.1, -0.05) is 12.1 Å². The quantitative estimate of drug-likeness (QED) is 0.766. The predicted molar refractivity (Wildman–Crippen MR) is 83.9 cm³/mol. The highest BCUT2D eigenvalue weighted by atomic mass is 79.9. The highest BCUT2D eigenvalue weighted by Crippen LogP contribution is 2.17. The first-order valence-corrected chi connectivity index (χ1v) is 7.30. The monoisotopic (exact) mass is 344 g/mol. The van der Waals surface area contributed by atoms with E-state index in [4.69, 9.17) is 0 Å². The third-order valence-corrected chi connectivity index (χ3v) is 3.78. The fourth-order valence-corrected chi connectivity index (χ4v) is 2.50. The minimum absolute atomic E-state index is 0.237. The Bertz CT molecular complexity index is 766. The molecular weight excluding hydrogens is 332 g/mol. The summed E-state index contributed by atoms with van der Waals surface area (Å²) >= 11 is 3.32. The van der Waals surface area contributed by atoms with E-state index in [-0.39, 0.29) is 11.9 Å². The maximum atomic E-state index is 12.2. The number of hydrogen-bond donors (Lipinski definition) is 2. The number of fused-ring (bicyclic) bond motifs is 1. The van der Waals surface area contributed by atoms with Crippen LogP contribution < -0.4 is 5.32 Å². The van der Waals surface area contributed by atoms with Crippen LogP contribution in [0.5, 0.6) is 0 Å². The zero-order valence-corrected chi connectivity index (χ0v) is 12.9. The lowest BCUT2D eigenvalue weighted by Gasteiger charge is -2.11. The molecule has 5 nitrogen and oxygen atoms in total. The molecule has 3 aromatic rings. The largest absolute Gasteiger partial charge is 0.341 e. The first kappa shape index (κ1) is 13.8. The number of aromatic nitrogens is 3. The summed E-state index contributed by atoms with van der Waals surface area (Å²) in [4.78, 5) is 24.0. The molecule has 106 valence electrons. The van der Waals surface area contributed by atoms with Crippen LogP contribution >= 0.6 is 15.9 Å².